The molecule has 0 saturated carbocycles. The van der Waals surface area contributed by atoms with Gasteiger partial charge in [0.05, 0.1) is 22.8 Å². The molecule has 2 heterocycles. The number of hydrogen-bond acceptors (Lipinski definition) is 5. The monoisotopic (exact) mass is 361 g/mol. The molecule has 0 amide bonds. The van der Waals surface area contributed by atoms with Gasteiger partial charge >= 0.3 is 12.3 Å². The highest BCUT2D eigenvalue weighted by atomic mass is 35.5. The Bertz CT molecular complexity index is 814. The molecule has 0 unspecified atom stereocenters. The van der Waals surface area contributed by atoms with Crippen LogP contribution in [-0.2, 0) is 4.74 Å². The van der Waals surface area contributed by atoms with Gasteiger partial charge in [-0.1, -0.05) is 23.2 Å². The summed E-state index contributed by atoms with van der Waals surface area (Å²) in [4.78, 5) is 15.7. The second-order valence-corrected chi connectivity index (χ2v) is 5.25. The number of ether oxygens (including phenoxy) is 3. The van der Waals surface area contributed by atoms with Crippen molar-refractivity contribution in [1.29, 1.82) is 0 Å². The van der Waals surface area contributed by atoms with Crippen molar-refractivity contribution in [2.75, 3.05) is 7.11 Å². The minimum Gasteiger partial charge on any atom is -0.464 e. The van der Waals surface area contributed by atoms with E-state index in [1.807, 2.05) is 0 Å². The molecule has 0 radical (unpaired) electrons. The molecule has 23 heavy (non-hydrogen) atoms. The van der Waals surface area contributed by atoms with E-state index >= 15 is 0 Å². The van der Waals surface area contributed by atoms with Gasteiger partial charge in [-0.25, -0.2) is 9.78 Å². The highest BCUT2D eigenvalue weighted by molar-refractivity contribution is 6.33. The van der Waals surface area contributed by atoms with Crippen molar-refractivity contribution in [3.63, 3.8) is 0 Å². The minimum atomic E-state index is -3.83. The topological polar surface area (TPSA) is 57.7 Å². The van der Waals surface area contributed by atoms with Crippen LogP contribution in [0.3, 0.4) is 0 Å². The lowest BCUT2D eigenvalue weighted by Crippen LogP contribution is -2.26. The lowest BCUT2D eigenvalue weighted by atomic mass is 10.1. The van der Waals surface area contributed by atoms with Crippen molar-refractivity contribution >= 4 is 29.2 Å². The van der Waals surface area contributed by atoms with Crippen molar-refractivity contribution < 1.29 is 27.8 Å². The largest absolute Gasteiger partial charge is 0.586 e. The van der Waals surface area contributed by atoms with E-state index in [1.165, 1.54) is 31.4 Å². The lowest BCUT2D eigenvalue weighted by Gasteiger charge is -2.09. The lowest BCUT2D eigenvalue weighted by molar-refractivity contribution is -0.286. The van der Waals surface area contributed by atoms with E-state index in [2.05, 4.69) is 19.2 Å². The molecule has 0 aliphatic carbocycles. The van der Waals surface area contributed by atoms with Crippen molar-refractivity contribution in [1.82, 2.24) is 4.98 Å². The van der Waals surface area contributed by atoms with Gasteiger partial charge in [0, 0.05) is 5.56 Å². The summed E-state index contributed by atoms with van der Waals surface area (Å²) in [5, 5.41) is 0.0248. The summed E-state index contributed by atoms with van der Waals surface area (Å²) in [6.45, 7) is 0. The Morgan fingerprint density at radius 2 is 1.78 bits per heavy atom. The van der Waals surface area contributed by atoms with Gasteiger partial charge in [0.25, 0.3) is 0 Å². The molecule has 1 aliphatic rings. The smallest absolute Gasteiger partial charge is 0.464 e. The number of nitrogens with zero attached hydrogens (tertiary/aromatic N) is 1. The SMILES string of the molecule is COC(=O)c1nc(-c2ccc(Cl)c3c2OC(F)(F)O3)ccc1Cl. The Hall–Kier alpha value is -2.12. The number of pyridine rings is 1. The number of fused-ring (bicyclic) bond motifs is 1. The summed E-state index contributed by atoms with van der Waals surface area (Å²) in [5.41, 5.74) is 0.188. The van der Waals surface area contributed by atoms with Gasteiger partial charge in [-0.3, -0.25) is 0 Å². The molecule has 1 aromatic heterocycles. The van der Waals surface area contributed by atoms with Crippen molar-refractivity contribution in [2.24, 2.45) is 0 Å². The zero-order valence-electron chi connectivity index (χ0n) is 11.4. The molecular weight excluding hydrogens is 355 g/mol. The average molecular weight is 362 g/mol. The molecular formula is C14H7Cl2F2NO4. The van der Waals surface area contributed by atoms with E-state index in [4.69, 9.17) is 23.2 Å². The van der Waals surface area contributed by atoms with Gasteiger partial charge in [0.1, 0.15) is 0 Å². The third-order valence-electron chi connectivity index (χ3n) is 3.01. The van der Waals surface area contributed by atoms with Gasteiger partial charge in [-0.05, 0) is 24.3 Å². The molecule has 0 saturated heterocycles. The van der Waals surface area contributed by atoms with E-state index in [-0.39, 0.29) is 38.5 Å². The van der Waals surface area contributed by atoms with Crippen LogP contribution in [-0.4, -0.2) is 24.4 Å². The zero-order valence-corrected chi connectivity index (χ0v) is 12.9. The number of carbonyl (C=O) groups excluding carboxylic acids is 1. The molecule has 1 aliphatic heterocycles. The van der Waals surface area contributed by atoms with E-state index in [0.29, 0.717) is 0 Å². The van der Waals surface area contributed by atoms with E-state index < -0.39 is 12.3 Å². The molecule has 0 bridgehead atoms. The molecule has 0 fully saturated rings. The van der Waals surface area contributed by atoms with Crippen LogP contribution in [0.1, 0.15) is 10.5 Å². The second kappa shape index (κ2) is 5.50. The first kappa shape index (κ1) is 15.8. The number of methoxy groups -OCH3 is 1. The number of esters is 1. The van der Waals surface area contributed by atoms with Crippen LogP contribution in [0.5, 0.6) is 11.5 Å². The number of aromatic nitrogens is 1. The maximum atomic E-state index is 13.3. The summed E-state index contributed by atoms with van der Waals surface area (Å²) in [7, 11) is 1.17. The van der Waals surface area contributed by atoms with Crippen LogP contribution in [0.2, 0.25) is 10.0 Å². The van der Waals surface area contributed by atoms with Crippen molar-refractivity contribution in [3.05, 3.63) is 40.0 Å². The molecule has 2 aromatic rings. The molecule has 9 heteroatoms. The number of alkyl halides is 2. The van der Waals surface area contributed by atoms with Crippen molar-refractivity contribution in [3.8, 4) is 22.8 Å². The Kier molecular flexibility index (Phi) is 3.77. The first-order chi connectivity index (χ1) is 10.8. The number of hydrogen-bond donors (Lipinski definition) is 0. The van der Waals surface area contributed by atoms with Crippen LogP contribution in [0, 0.1) is 0 Å². The number of carbonyl (C=O) groups is 1. The molecule has 1 aromatic carbocycles. The summed E-state index contributed by atoms with van der Waals surface area (Å²) < 4.78 is 40.1. The van der Waals surface area contributed by atoms with Gasteiger partial charge in [-0.15, -0.1) is 8.78 Å². The quantitative estimate of drug-likeness (QED) is 0.751. The number of rotatable bonds is 2. The fourth-order valence-electron chi connectivity index (χ4n) is 2.03. The van der Waals surface area contributed by atoms with Crippen LogP contribution in [0.15, 0.2) is 24.3 Å². The highest BCUT2D eigenvalue weighted by Gasteiger charge is 2.46. The van der Waals surface area contributed by atoms with E-state index in [9.17, 15) is 13.6 Å². The first-order valence-electron chi connectivity index (χ1n) is 6.16. The predicted molar refractivity (Wildman–Crippen MR) is 77.2 cm³/mol. The average Bonchev–Trinajstić information content (AvgIpc) is 2.84. The fourth-order valence-corrected chi connectivity index (χ4v) is 2.40. The van der Waals surface area contributed by atoms with Gasteiger partial charge in [0.2, 0.25) is 0 Å². The maximum Gasteiger partial charge on any atom is 0.586 e. The maximum absolute atomic E-state index is 13.3. The highest BCUT2D eigenvalue weighted by Crippen LogP contribution is 2.50. The number of benzene rings is 1. The summed E-state index contributed by atoms with van der Waals surface area (Å²) >= 11 is 11.7. The Morgan fingerprint density at radius 1 is 1.13 bits per heavy atom. The normalized spacial score (nSPS) is 14.7. The third kappa shape index (κ3) is 2.77. The first-order valence-corrected chi connectivity index (χ1v) is 6.91. The molecule has 120 valence electrons. The molecule has 0 N–H and O–H groups in total. The Labute approximate surface area is 138 Å². The van der Waals surface area contributed by atoms with Crippen molar-refractivity contribution in [2.45, 2.75) is 6.29 Å². The molecule has 0 atom stereocenters. The minimum absolute atomic E-state index is 0.0388. The fraction of sp³-hybridized carbons (Fsp3) is 0.143. The second-order valence-electron chi connectivity index (χ2n) is 4.44. The van der Waals surface area contributed by atoms with Gasteiger partial charge < -0.3 is 14.2 Å². The Balaban J connectivity index is 2.15. The van der Waals surface area contributed by atoms with Crippen LogP contribution < -0.4 is 9.47 Å². The summed E-state index contributed by atoms with van der Waals surface area (Å²) in [6, 6.07) is 5.61. The van der Waals surface area contributed by atoms with E-state index in [1.54, 1.807) is 0 Å². The van der Waals surface area contributed by atoms with Crippen LogP contribution in [0.25, 0.3) is 11.3 Å². The van der Waals surface area contributed by atoms with Crippen LogP contribution >= 0.6 is 23.2 Å². The van der Waals surface area contributed by atoms with Gasteiger partial charge in [0.15, 0.2) is 17.2 Å². The van der Waals surface area contributed by atoms with Crippen LogP contribution in [0.4, 0.5) is 8.78 Å². The summed E-state index contributed by atoms with van der Waals surface area (Å²) in [5.74, 6) is -1.33. The molecule has 3 rings (SSSR count). The Morgan fingerprint density at radius 3 is 2.48 bits per heavy atom. The van der Waals surface area contributed by atoms with E-state index in [0.717, 1.165) is 0 Å². The van der Waals surface area contributed by atoms with Gasteiger partial charge in [-0.2, -0.15) is 0 Å². The predicted octanol–water partition coefficient (Wildman–Crippen LogP) is 4.16. The third-order valence-corrected chi connectivity index (χ3v) is 3.61. The zero-order chi connectivity index (χ0) is 16.8. The molecule has 0 spiro atoms. The standard InChI is InChI=1S/C14H7Cl2F2NO4/c1-21-13(20)10-7(15)4-5-9(19-10)6-2-3-8(16)12-11(6)22-14(17,18)23-12/h2-5H,1H3. The number of halogens is 4. The molecule has 5 nitrogen and oxygen atoms in total. The summed E-state index contributed by atoms with van der Waals surface area (Å²) in [6.07, 6.45) is -3.83.